The number of fused-ring (bicyclic) bond motifs is 3. The van der Waals surface area contributed by atoms with Crippen LogP contribution in [0.4, 0.5) is 4.79 Å². The van der Waals surface area contributed by atoms with Crippen LogP contribution < -0.4 is 5.32 Å². The van der Waals surface area contributed by atoms with Crippen molar-refractivity contribution in [3.8, 4) is 0 Å². The second-order valence-corrected chi connectivity index (χ2v) is 14.7. The van der Waals surface area contributed by atoms with E-state index in [1.165, 1.54) is 24.7 Å². The third-order valence-corrected chi connectivity index (χ3v) is 13.3. The number of carbonyl (C=O) groups is 1. The van der Waals surface area contributed by atoms with E-state index < -0.39 is 24.3 Å². The molecule has 3 aliphatic carbocycles. The molecular formula is C32H57NO5. The third kappa shape index (κ3) is 4.45. The SMILES string of the molecule is COC(=O)NC(C)C(O)[C@H](OO)C1CC2(C)C(C)C3C(C)C(C)CC(C)[C@@]3(C)C(C)C(C)C(=C1C)C2(C)C. The number of ether oxygens (including phenoxy) is 1. The van der Waals surface area contributed by atoms with Crippen LogP contribution in [0.1, 0.15) is 95.9 Å². The number of alkyl carbamates (subject to hydrolysis) is 1. The van der Waals surface area contributed by atoms with E-state index in [-0.39, 0.29) is 22.2 Å². The molecule has 0 aromatic rings. The average Bonchev–Trinajstić information content (AvgIpc) is 2.84. The van der Waals surface area contributed by atoms with Gasteiger partial charge in [0.25, 0.3) is 0 Å². The molecule has 0 heterocycles. The third-order valence-electron chi connectivity index (χ3n) is 13.3. The van der Waals surface area contributed by atoms with Crippen LogP contribution in [0.25, 0.3) is 0 Å². The number of aliphatic hydroxyl groups excluding tert-OH is 1. The van der Waals surface area contributed by atoms with Gasteiger partial charge in [-0.15, -0.1) is 0 Å². The summed E-state index contributed by atoms with van der Waals surface area (Å²) < 4.78 is 4.74. The fourth-order valence-electron chi connectivity index (χ4n) is 10.1. The lowest BCUT2D eigenvalue weighted by Crippen LogP contribution is -2.62. The van der Waals surface area contributed by atoms with Crippen LogP contribution in [0.15, 0.2) is 11.1 Å². The number of aliphatic hydroxyl groups is 1. The number of allylic oxidation sites excluding steroid dienone is 1. The van der Waals surface area contributed by atoms with E-state index in [9.17, 15) is 15.2 Å². The monoisotopic (exact) mass is 535 g/mol. The maximum absolute atomic E-state index is 11.9. The van der Waals surface area contributed by atoms with Gasteiger partial charge in [-0.25, -0.2) is 9.68 Å². The van der Waals surface area contributed by atoms with Gasteiger partial charge in [0.2, 0.25) is 0 Å². The molecule has 2 saturated carbocycles. The van der Waals surface area contributed by atoms with Gasteiger partial charge in [0, 0.05) is 5.92 Å². The Morgan fingerprint density at radius 3 is 2.16 bits per heavy atom. The van der Waals surface area contributed by atoms with E-state index in [1.807, 2.05) is 0 Å². The highest BCUT2D eigenvalue weighted by Crippen LogP contribution is 2.70. The molecule has 38 heavy (non-hydrogen) atoms. The van der Waals surface area contributed by atoms with Crippen LogP contribution >= 0.6 is 0 Å². The number of hydrogen-bond acceptors (Lipinski definition) is 5. The molecule has 6 nitrogen and oxygen atoms in total. The van der Waals surface area contributed by atoms with Crippen molar-refractivity contribution in [1.82, 2.24) is 5.32 Å². The summed E-state index contributed by atoms with van der Waals surface area (Å²) in [6, 6.07) is -0.651. The van der Waals surface area contributed by atoms with Gasteiger partial charge in [0.15, 0.2) is 0 Å². The molecule has 0 aromatic heterocycles. The van der Waals surface area contributed by atoms with E-state index in [4.69, 9.17) is 9.62 Å². The molecular weight excluding hydrogens is 478 g/mol. The minimum Gasteiger partial charge on any atom is -0.453 e. The number of methoxy groups -OCH3 is 1. The predicted octanol–water partition coefficient (Wildman–Crippen LogP) is 7.18. The van der Waals surface area contributed by atoms with Gasteiger partial charge in [-0.1, -0.05) is 80.4 Å². The molecule has 1 amide bonds. The van der Waals surface area contributed by atoms with Crippen LogP contribution in [0.5, 0.6) is 0 Å². The highest BCUT2D eigenvalue weighted by Gasteiger charge is 2.64. The lowest BCUT2D eigenvalue weighted by Gasteiger charge is -2.68. The molecule has 3 aliphatic rings. The van der Waals surface area contributed by atoms with Crippen LogP contribution in [-0.4, -0.2) is 41.8 Å². The second-order valence-electron chi connectivity index (χ2n) is 14.7. The summed E-state index contributed by atoms with van der Waals surface area (Å²) >= 11 is 0. The summed E-state index contributed by atoms with van der Waals surface area (Å²) in [6.07, 6.45) is -0.510. The van der Waals surface area contributed by atoms with Gasteiger partial charge in [-0.3, -0.25) is 5.26 Å². The Morgan fingerprint density at radius 2 is 1.63 bits per heavy atom. The first-order chi connectivity index (χ1) is 17.4. The zero-order valence-electron chi connectivity index (χ0n) is 26.4. The Hall–Kier alpha value is -1.11. The molecule has 2 fully saturated rings. The fraction of sp³-hybridized carbons (Fsp3) is 0.906. The van der Waals surface area contributed by atoms with Crippen LogP contribution in [0.3, 0.4) is 0 Å². The second kappa shape index (κ2) is 10.7. The van der Waals surface area contributed by atoms with Crippen molar-refractivity contribution >= 4 is 6.09 Å². The normalized spacial score (nSPS) is 45.2. The van der Waals surface area contributed by atoms with Crippen LogP contribution in [0.2, 0.25) is 0 Å². The Bertz CT molecular complexity index is 916. The van der Waals surface area contributed by atoms with Gasteiger partial charge >= 0.3 is 6.09 Å². The predicted molar refractivity (Wildman–Crippen MR) is 152 cm³/mol. The minimum atomic E-state index is -1.10. The van der Waals surface area contributed by atoms with Gasteiger partial charge in [-0.2, -0.15) is 0 Å². The first-order valence-corrected chi connectivity index (χ1v) is 15.0. The maximum Gasteiger partial charge on any atom is 0.407 e. The van der Waals surface area contributed by atoms with Crippen molar-refractivity contribution in [3.05, 3.63) is 11.1 Å². The Morgan fingerprint density at radius 1 is 1.05 bits per heavy atom. The zero-order chi connectivity index (χ0) is 29.1. The Balaban J connectivity index is 2.21. The number of hydrogen-bond donors (Lipinski definition) is 3. The first kappa shape index (κ1) is 31.4. The molecule has 11 unspecified atom stereocenters. The average molecular weight is 536 g/mol. The summed E-state index contributed by atoms with van der Waals surface area (Å²) in [4.78, 5) is 17.0. The van der Waals surface area contributed by atoms with Crippen molar-refractivity contribution < 1.29 is 24.8 Å². The first-order valence-electron chi connectivity index (χ1n) is 15.0. The number of amides is 1. The minimum absolute atomic E-state index is 0.0630. The van der Waals surface area contributed by atoms with E-state index in [0.29, 0.717) is 41.4 Å². The van der Waals surface area contributed by atoms with E-state index >= 15 is 0 Å². The van der Waals surface area contributed by atoms with Crippen molar-refractivity contribution in [3.63, 3.8) is 0 Å². The summed E-state index contributed by atoms with van der Waals surface area (Å²) in [5.74, 6) is 3.55. The highest BCUT2D eigenvalue weighted by atomic mass is 17.1. The standard InChI is InChI=1S/C32H57NO5/c1-16-14-17(2)32(12)21(6)19(4)25-20(5)24(28(38-36)27(34)23(8)33-29(35)37-13)15-31(11,30(25,9)10)22(7)26(32)18(16)3/h16-19,21-24,26-28,34,36H,14-15H2,1-13H3,(H,33,35)/t16?,17?,18?,19?,21?,22?,23?,24?,26?,27?,28-,31?,32+/m1/s1. The van der Waals surface area contributed by atoms with E-state index in [1.54, 1.807) is 6.92 Å². The van der Waals surface area contributed by atoms with Gasteiger partial charge in [0.05, 0.1) is 13.2 Å². The fourth-order valence-corrected chi connectivity index (χ4v) is 10.1. The zero-order valence-corrected chi connectivity index (χ0v) is 26.4. The number of nitrogens with one attached hydrogen (secondary N) is 1. The summed E-state index contributed by atoms with van der Waals surface area (Å²) in [5.41, 5.74) is 2.73. The van der Waals surface area contributed by atoms with Gasteiger partial charge in [0.1, 0.15) is 12.2 Å². The summed E-state index contributed by atoms with van der Waals surface area (Å²) in [7, 11) is 1.30. The molecule has 0 radical (unpaired) electrons. The highest BCUT2D eigenvalue weighted by molar-refractivity contribution is 5.67. The topological polar surface area (TPSA) is 88.0 Å². The van der Waals surface area contributed by atoms with E-state index in [0.717, 1.165) is 6.42 Å². The lowest BCUT2D eigenvalue weighted by atomic mass is 9.37. The summed E-state index contributed by atoms with van der Waals surface area (Å²) in [5, 5.41) is 24.2. The number of rotatable bonds is 5. The molecule has 0 spiro atoms. The summed E-state index contributed by atoms with van der Waals surface area (Å²) in [6.45, 7) is 28.6. The molecule has 0 aliphatic heterocycles. The molecule has 0 aromatic carbocycles. The maximum atomic E-state index is 11.9. The van der Waals surface area contributed by atoms with Crippen molar-refractivity contribution in [2.24, 2.45) is 63.6 Å². The molecule has 3 rings (SSSR count). The van der Waals surface area contributed by atoms with Crippen LogP contribution in [0, 0.1) is 63.6 Å². The smallest absolute Gasteiger partial charge is 0.407 e. The largest absolute Gasteiger partial charge is 0.453 e. The quantitative estimate of drug-likeness (QED) is 0.197. The molecule has 0 saturated heterocycles. The Labute approximate surface area is 232 Å². The van der Waals surface area contributed by atoms with Gasteiger partial charge in [-0.05, 0) is 84.4 Å². The molecule has 6 heteroatoms. The lowest BCUT2D eigenvalue weighted by molar-refractivity contribution is -0.312. The molecule has 2 bridgehead atoms. The van der Waals surface area contributed by atoms with Crippen LogP contribution in [-0.2, 0) is 9.62 Å². The Kier molecular flexibility index (Phi) is 8.85. The van der Waals surface area contributed by atoms with Gasteiger partial charge < -0.3 is 15.2 Å². The molecule has 13 atom stereocenters. The van der Waals surface area contributed by atoms with Crippen molar-refractivity contribution in [1.29, 1.82) is 0 Å². The van der Waals surface area contributed by atoms with Crippen molar-refractivity contribution in [2.45, 2.75) is 114 Å². The number of carbonyl (C=O) groups excluding carboxylic acids is 1. The molecule has 220 valence electrons. The van der Waals surface area contributed by atoms with E-state index in [2.05, 4.69) is 81.5 Å². The van der Waals surface area contributed by atoms with Crippen molar-refractivity contribution in [2.75, 3.05) is 7.11 Å². The molecule has 3 N–H and O–H groups in total.